The van der Waals surface area contributed by atoms with E-state index in [9.17, 15) is 30.0 Å². The van der Waals surface area contributed by atoms with Crippen molar-refractivity contribution in [1.29, 1.82) is 0 Å². The molecule has 2 atom stereocenters. The number of carboxylic acid groups (broad SMARTS) is 2. The second-order valence-electron chi connectivity index (χ2n) is 2.82. The van der Waals surface area contributed by atoms with Gasteiger partial charge in [0.05, 0.1) is 12.2 Å². The molecule has 0 aromatic rings. The number of aliphatic hydroxyl groups is 2. The van der Waals surface area contributed by atoms with Crippen molar-refractivity contribution < 1.29 is 130 Å². The van der Waals surface area contributed by atoms with E-state index in [1.807, 2.05) is 0 Å². The van der Waals surface area contributed by atoms with Crippen LogP contribution in [0.1, 0.15) is 12.8 Å². The van der Waals surface area contributed by atoms with Crippen LogP contribution in [-0.4, -0.2) is 44.5 Å². The number of carbonyl (C=O) groups excluding carboxylic acids is 2. The molecule has 0 saturated heterocycles. The van der Waals surface area contributed by atoms with Crippen LogP contribution in [0.25, 0.3) is 0 Å². The van der Waals surface area contributed by atoms with Gasteiger partial charge in [0, 0.05) is 24.8 Å². The predicted octanol–water partition coefficient (Wildman–Crippen LogP) is -5.66. The molecule has 144 valence electrons. The van der Waals surface area contributed by atoms with E-state index in [2.05, 4.69) is 24.4 Å². The average molecular weight is 1080 g/mol. The van der Waals surface area contributed by atoms with Crippen molar-refractivity contribution in [3.8, 4) is 0 Å². The van der Waals surface area contributed by atoms with E-state index in [1.54, 1.807) is 0 Å². The first-order valence-electron chi connectivity index (χ1n) is 4.25. The fourth-order valence-electron chi connectivity index (χ4n) is 0.482. The molecule has 0 aliphatic carbocycles. The summed E-state index contributed by atoms with van der Waals surface area (Å²) in [6, 6.07) is 0. The third kappa shape index (κ3) is 29.6. The molecular formula is C8H8Au4O8S2. The van der Waals surface area contributed by atoms with E-state index in [0.29, 0.717) is 0 Å². The summed E-state index contributed by atoms with van der Waals surface area (Å²) in [6.07, 6.45) is -4.62. The molecule has 0 amide bonds. The van der Waals surface area contributed by atoms with Crippen LogP contribution in [0, 0.1) is 0 Å². The van der Waals surface area contributed by atoms with Gasteiger partial charge in [-0.05, 0) is 10.1 Å². The van der Waals surface area contributed by atoms with Crippen molar-refractivity contribution in [2.45, 2.75) is 25.0 Å². The van der Waals surface area contributed by atoms with Crippen molar-refractivity contribution in [1.82, 2.24) is 0 Å². The minimum Gasteiger partial charge on any atom is -0.866 e. The van der Waals surface area contributed by atoms with E-state index in [1.165, 1.54) is 0 Å². The summed E-state index contributed by atoms with van der Waals surface area (Å²) < 4.78 is 0. The van der Waals surface area contributed by atoms with E-state index < -0.39 is 47.1 Å². The Hall–Kier alpha value is 1.60. The second kappa shape index (κ2) is 22.6. The van der Waals surface area contributed by atoms with E-state index in [-0.39, 0.29) is 89.5 Å². The molecule has 2 unspecified atom stereocenters. The van der Waals surface area contributed by atoms with Crippen molar-refractivity contribution in [3.63, 3.8) is 0 Å². The maximum atomic E-state index is 9.95. The average Bonchev–Trinajstić information content (AvgIpc) is 2.16. The summed E-state index contributed by atoms with van der Waals surface area (Å²) in [5.41, 5.74) is 0. The van der Waals surface area contributed by atoms with Crippen molar-refractivity contribution in [2.75, 3.05) is 0 Å². The summed E-state index contributed by atoms with van der Waals surface area (Å²) in [7, 11) is 0. The first-order valence-corrected chi connectivity index (χ1v) is 5.07. The van der Waals surface area contributed by atoms with E-state index in [0.717, 1.165) is 0 Å². The maximum absolute atomic E-state index is 9.95. The molecule has 0 saturated carbocycles. The Balaban J connectivity index is -0.0000000492. The zero-order valence-electron chi connectivity index (χ0n) is 9.94. The second-order valence-corrected chi connectivity index (χ2v) is 3.63. The van der Waals surface area contributed by atoms with Gasteiger partial charge in [0.1, 0.15) is 0 Å². The first-order chi connectivity index (χ1) is 8.07. The predicted molar refractivity (Wildman–Crippen MR) is 56.5 cm³/mol. The van der Waals surface area contributed by atoms with E-state index in [4.69, 9.17) is 10.2 Å². The fraction of sp³-hybridized carbons (Fsp3) is 0.500. The normalized spacial score (nSPS) is 10.3. The number of rotatable bonds is 6. The quantitative estimate of drug-likeness (QED) is 0.194. The van der Waals surface area contributed by atoms with Gasteiger partial charge >= 0.3 is 89.5 Å². The van der Waals surface area contributed by atoms with Crippen LogP contribution in [0.5, 0.6) is 0 Å². The summed E-state index contributed by atoms with van der Waals surface area (Å²) in [5.74, 6) is -2.97. The maximum Gasteiger partial charge on any atom is 1.00 e. The van der Waals surface area contributed by atoms with Gasteiger partial charge in [-0.1, -0.05) is 24.4 Å². The Morgan fingerprint density at radius 2 is 0.909 bits per heavy atom. The number of aliphatic hydroxyl groups excluding tert-OH is 2. The third-order valence-corrected chi connectivity index (χ3v) is 1.81. The van der Waals surface area contributed by atoms with Gasteiger partial charge < -0.3 is 40.2 Å². The van der Waals surface area contributed by atoms with Crippen LogP contribution < -0.4 is 20.4 Å². The minimum absolute atomic E-state index is 0. The molecule has 0 aromatic carbocycles. The molecule has 0 radical (unpaired) electrons. The van der Waals surface area contributed by atoms with Gasteiger partial charge in [-0.3, -0.25) is 0 Å². The SMILES string of the molecule is O=C([O-])CC(O)C([O-])=S.O=C([O-])CC(O)C([O-])=S.[Au+].[Au+].[Au+].[Au+]. The molecule has 0 heterocycles. The Kier molecular flexibility index (Phi) is 40.0. The molecule has 0 bridgehead atoms. The summed E-state index contributed by atoms with van der Waals surface area (Å²) in [5, 5.41) is 54.1. The van der Waals surface area contributed by atoms with E-state index >= 15 is 0 Å². The number of aliphatic carboxylic acids is 2. The molecule has 0 aliphatic rings. The zero-order valence-corrected chi connectivity index (χ0v) is 20.2. The van der Waals surface area contributed by atoms with Crippen LogP contribution in [0.15, 0.2) is 0 Å². The monoisotopic (exact) mass is 1080 g/mol. The molecular weight excluding hydrogens is 1080 g/mol. The van der Waals surface area contributed by atoms with Gasteiger partial charge in [-0.25, -0.2) is 0 Å². The van der Waals surface area contributed by atoms with Crippen LogP contribution >= 0.6 is 24.4 Å². The molecule has 22 heavy (non-hydrogen) atoms. The minimum atomic E-state index is -1.59. The van der Waals surface area contributed by atoms with Crippen LogP contribution in [0.4, 0.5) is 0 Å². The van der Waals surface area contributed by atoms with Gasteiger partial charge in [0.2, 0.25) is 0 Å². The Morgan fingerprint density at radius 1 is 0.727 bits per heavy atom. The molecule has 2 N–H and O–H groups in total. The van der Waals surface area contributed by atoms with Gasteiger partial charge in [0.15, 0.2) is 0 Å². The Morgan fingerprint density at radius 3 is 0.955 bits per heavy atom. The van der Waals surface area contributed by atoms with Crippen molar-refractivity contribution in [2.24, 2.45) is 0 Å². The number of carboxylic acids is 2. The molecule has 0 rings (SSSR count). The number of hydrogen-bond acceptors (Lipinski definition) is 10. The van der Waals surface area contributed by atoms with Crippen LogP contribution in [-0.2, 0) is 99.1 Å². The molecule has 0 fully saturated rings. The van der Waals surface area contributed by atoms with Crippen LogP contribution in [0.2, 0.25) is 0 Å². The van der Waals surface area contributed by atoms with Gasteiger partial charge in [-0.2, -0.15) is 0 Å². The zero-order chi connectivity index (χ0) is 14.9. The largest absolute Gasteiger partial charge is 1.00 e. The molecule has 0 aliphatic heterocycles. The summed E-state index contributed by atoms with van der Waals surface area (Å²) in [4.78, 5) is 19.3. The first kappa shape index (κ1) is 38.9. The molecule has 0 spiro atoms. The smallest absolute Gasteiger partial charge is 0.866 e. The Bertz CT molecular complexity index is 312. The topological polar surface area (TPSA) is 167 Å². The number of hydrogen-bond donors (Lipinski definition) is 2. The Labute approximate surface area is 199 Å². The number of thiocarbonyl (C=S) groups is 2. The van der Waals surface area contributed by atoms with Gasteiger partial charge in [-0.15, -0.1) is 0 Å². The molecule has 14 heteroatoms. The standard InChI is InChI=1S/2C4H6O4S.4Au/c2*5-2(4(8)9)1-3(6)7;;;;/h2*2,5H,1H2,(H,6,7)(H,8,9);;;;/q;;4*+1/p-4. The molecule has 0 aromatic heterocycles. The third-order valence-electron chi connectivity index (χ3n) is 1.26. The summed E-state index contributed by atoms with van der Waals surface area (Å²) in [6.45, 7) is 0. The fourth-order valence-corrected chi connectivity index (χ4v) is 0.649. The van der Waals surface area contributed by atoms with Gasteiger partial charge in [0.25, 0.3) is 0 Å². The summed E-state index contributed by atoms with van der Waals surface area (Å²) >= 11 is 7.88. The van der Waals surface area contributed by atoms with Crippen LogP contribution in [0.3, 0.4) is 0 Å². The van der Waals surface area contributed by atoms with Crippen molar-refractivity contribution in [3.05, 3.63) is 0 Å². The van der Waals surface area contributed by atoms with Crippen molar-refractivity contribution >= 4 is 46.5 Å². The molecule has 8 nitrogen and oxygen atoms in total. The number of carbonyl (C=O) groups is 2.